The van der Waals surface area contributed by atoms with Gasteiger partial charge in [-0.1, -0.05) is 6.07 Å². The van der Waals surface area contributed by atoms with Gasteiger partial charge >= 0.3 is 12.0 Å². The molecule has 7 heteroatoms. The Morgan fingerprint density at radius 1 is 1.40 bits per heavy atom. The van der Waals surface area contributed by atoms with Gasteiger partial charge in [0.25, 0.3) is 0 Å². The molecule has 1 saturated carbocycles. The highest BCUT2D eigenvalue weighted by atomic mass is 19.1. The lowest BCUT2D eigenvalue weighted by Gasteiger charge is -2.34. The van der Waals surface area contributed by atoms with Crippen LogP contribution in [-0.4, -0.2) is 36.4 Å². The summed E-state index contributed by atoms with van der Waals surface area (Å²) in [7, 11) is 1.60. The third-order valence-electron chi connectivity index (χ3n) is 3.24. The molecular weight excluding hydrogens is 267 g/mol. The zero-order valence-electron chi connectivity index (χ0n) is 10.9. The number of ether oxygens (including phenoxy) is 1. The second-order valence-corrected chi connectivity index (χ2v) is 4.59. The van der Waals surface area contributed by atoms with Crippen molar-refractivity contribution in [2.75, 3.05) is 12.4 Å². The first-order valence-electron chi connectivity index (χ1n) is 6.13. The smallest absolute Gasteiger partial charge is 0.340 e. The summed E-state index contributed by atoms with van der Waals surface area (Å²) in [6, 6.07) is 3.13. The van der Waals surface area contributed by atoms with Crippen molar-refractivity contribution in [1.29, 1.82) is 0 Å². The summed E-state index contributed by atoms with van der Waals surface area (Å²) in [5.41, 5.74) is -0.622. The summed E-state index contributed by atoms with van der Waals surface area (Å²) < 4.78 is 18.5. The number of carboxylic acids is 1. The van der Waals surface area contributed by atoms with Gasteiger partial charge in [-0.25, -0.2) is 14.0 Å². The van der Waals surface area contributed by atoms with Gasteiger partial charge in [0, 0.05) is 13.2 Å². The normalized spacial score (nSPS) is 20.9. The fourth-order valence-electron chi connectivity index (χ4n) is 2.07. The zero-order chi connectivity index (χ0) is 14.7. The second-order valence-electron chi connectivity index (χ2n) is 4.59. The number of rotatable bonds is 4. The molecule has 6 nitrogen and oxygen atoms in total. The van der Waals surface area contributed by atoms with E-state index in [9.17, 15) is 14.0 Å². The van der Waals surface area contributed by atoms with E-state index in [2.05, 4.69) is 10.6 Å². The third kappa shape index (κ3) is 3.05. The Morgan fingerprint density at radius 2 is 2.10 bits per heavy atom. The largest absolute Gasteiger partial charge is 0.478 e. The fraction of sp³-hybridized carbons (Fsp3) is 0.385. The lowest BCUT2D eigenvalue weighted by atomic mass is 9.89. The predicted octanol–water partition coefficient (Wildman–Crippen LogP) is 1.82. The minimum atomic E-state index is -1.43. The number of amides is 2. The summed E-state index contributed by atoms with van der Waals surface area (Å²) in [5.74, 6) is -2.32. The highest BCUT2D eigenvalue weighted by Crippen LogP contribution is 2.23. The van der Waals surface area contributed by atoms with E-state index in [-0.39, 0.29) is 17.8 Å². The molecule has 20 heavy (non-hydrogen) atoms. The van der Waals surface area contributed by atoms with Gasteiger partial charge in [0.1, 0.15) is 11.4 Å². The number of hydrogen-bond donors (Lipinski definition) is 3. The first-order chi connectivity index (χ1) is 9.51. The molecule has 1 fully saturated rings. The van der Waals surface area contributed by atoms with E-state index in [1.165, 1.54) is 12.1 Å². The minimum absolute atomic E-state index is 0.0122. The van der Waals surface area contributed by atoms with Gasteiger partial charge in [-0.3, -0.25) is 0 Å². The van der Waals surface area contributed by atoms with E-state index in [1.807, 2.05) is 0 Å². The van der Waals surface area contributed by atoms with Gasteiger partial charge < -0.3 is 20.5 Å². The number of hydrogen-bond acceptors (Lipinski definition) is 3. The van der Waals surface area contributed by atoms with Crippen LogP contribution in [0.2, 0.25) is 0 Å². The molecule has 1 aliphatic carbocycles. The number of methoxy groups -OCH3 is 1. The minimum Gasteiger partial charge on any atom is -0.478 e. The van der Waals surface area contributed by atoms with E-state index in [4.69, 9.17) is 9.84 Å². The fourth-order valence-corrected chi connectivity index (χ4v) is 2.07. The number of carbonyl (C=O) groups is 2. The van der Waals surface area contributed by atoms with E-state index in [1.54, 1.807) is 7.11 Å². The van der Waals surface area contributed by atoms with Crippen molar-refractivity contribution < 1.29 is 23.8 Å². The standard InChI is InChI=1S/C13H15FN2O4/c1-20-8-5-7(6-8)15-13(19)16-10-4-2-3-9(14)11(10)12(17)18/h2-4,7-8H,5-6H2,1H3,(H,17,18)(H2,15,16,19). The van der Waals surface area contributed by atoms with Gasteiger partial charge in [-0.05, 0) is 25.0 Å². The molecule has 0 bridgehead atoms. The molecule has 2 rings (SSSR count). The molecule has 0 aromatic heterocycles. The SMILES string of the molecule is COC1CC(NC(=O)Nc2cccc(F)c2C(=O)O)C1. The van der Waals surface area contributed by atoms with E-state index >= 15 is 0 Å². The quantitative estimate of drug-likeness (QED) is 0.786. The van der Waals surface area contributed by atoms with Crippen LogP contribution in [0.25, 0.3) is 0 Å². The van der Waals surface area contributed by atoms with Crippen LogP contribution in [0.1, 0.15) is 23.2 Å². The van der Waals surface area contributed by atoms with E-state index < -0.39 is 23.4 Å². The van der Waals surface area contributed by atoms with E-state index in [0.717, 1.165) is 6.07 Å². The number of carbonyl (C=O) groups excluding carboxylic acids is 1. The summed E-state index contributed by atoms with van der Waals surface area (Å²) in [5, 5.41) is 14.0. The summed E-state index contributed by atoms with van der Waals surface area (Å²) in [4.78, 5) is 22.7. The van der Waals surface area contributed by atoms with Gasteiger partial charge in [0.2, 0.25) is 0 Å². The number of halogens is 1. The Labute approximate surface area is 114 Å². The molecule has 1 aliphatic rings. The topological polar surface area (TPSA) is 87.7 Å². The lowest BCUT2D eigenvalue weighted by molar-refractivity contribution is 0.0210. The second kappa shape index (κ2) is 5.87. The zero-order valence-corrected chi connectivity index (χ0v) is 10.9. The monoisotopic (exact) mass is 282 g/mol. The predicted molar refractivity (Wildman–Crippen MR) is 69.3 cm³/mol. The Morgan fingerprint density at radius 3 is 2.70 bits per heavy atom. The van der Waals surface area contributed by atoms with Crippen LogP contribution in [0.4, 0.5) is 14.9 Å². The van der Waals surface area contributed by atoms with Gasteiger partial charge in [0.15, 0.2) is 0 Å². The van der Waals surface area contributed by atoms with Crippen LogP contribution < -0.4 is 10.6 Å². The van der Waals surface area contributed by atoms with Crippen molar-refractivity contribution in [1.82, 2.24) is 5.32 Å². The van der Waals surface area contributed by atoms with Crippen LogP contribution in [0.5, 0.6) is 0 Å². The highest BCUT2D eigenvalue weighted by Gasteiger charge is 2.30. The van der Waals surface area contributed by atoms with Gasteiger partial charge in [0.05, 0.1) is 11.8 Å². The maximum Gasteiger partial charge on any atom is 0.340 e. The van der Waals surface area contributed by atoms with Gasteiger partial charge in [-0.2, -0.15) is 0 Å². The number of nitrogens with one attached hydrogen (secondary N) is 2. The van der Waals surface area contributed by atoms with Crippen LogP contribution >= 0.6 is 0 Å². The number of anilines is 1. The maximum atomic E-state index is 13.4. The molecule has 0 saturated heterocycles. The van der Waals surface area contributed by atoms with Crippen molar-refractivity contribution in [3.63, 3.8) is 0 Å². The highest BCUT2D eigenvalue weighted by molar-refractivity contribution is 6.00. The van der Waals surface area contributed by atoms with E-state index in [0.29, 0.717) is 12.8 Å². The Hall–Kier alpha value is -2.15. The number of carboxylic acid groups (broad SMARTS) is 1. The Balaban J connectivity index is 1.98. The van der Waals surface area contributed by atoms with Crippen LogP contribution in [-0.2, 0) is 4.74 Å². The van der Waals surface area contributed by atoms with Crippen molar-refractivity contribution in [2.45, 2.75) is 25.0 Å². The maximum absolute atomic E-state index is 13.4. The molecule has 1 aromatic carbocycles. The first-order valence-corrected chi connectivity index (χ1v) is 6.13. The van der Waals surface area contributed by atoms with Crippen LogP contribution in [0.3, 0.4) is 0 Å². The van der Waals surface area contributed by atoms with Gasteiger partial charge in [-0.15, -0.1) is 0 Å². The number of benzene rings is 1. The molecule has 2 amide bonds. The third-order valence-corrected chi connectivity index (χ3v) is 3.24. The molecular formula is C13H15FN2O4. The Bertz CT molecular complexity index is 529. The average Bonchev–Trinajstić information content (AvgIpc) is 2.32. The summed E-state index contributed by atoms with van der Waals surface area (Å²) in [6.45, 7) is 0. The molecule has 0 heterocycles. The number of aromatic carboxylic acids is 1. The molecule has 1 aromatic rings. The number of urea groups is 1. The molecule has 0 aliphatic heterocycles. The van der Waals surface area contributed by atoms with Crippen molar-refractivity contribution in [3.8, 4) is 0 Å². The van der Waals surface area contributed by atoms with Crippen LogP contribution in [0.15, 0.2) is 18.2 Å². The first kappa shape index (κ1) is 14.3. The lowest BCUT2D eigenvalue weighted by Crippen LogP contribution is -2.48. The van der Waals surface area contributed by atoms with Crippen molar-refractivity contribution >= 4 is 17.7 Å². The molecule has 0 atom stereocenters. The molecule has 0 unspecified atom stereocenters. The average molecular weight is 282 g/mol. The molecule has 0 spiro atoms. The molecule has 0 radical (unpaired) electrons. The molecule has 3 N–H and O–H groups in total. The molecule has 108 valence electrons. The summed E-state index contributed by atoms with van der Waals surface area (Å²) in [6.07, 6.45) is 1.56. The van der Waals surface area contributed by atoms with Crippen molar-refractivity contribution in [3.05, 3.63) is 29.6 Å². The van der Waals surface area contributed by atoms with Crippen LogP contribution in [0, 0.1) is 5.82 Å². The van der Waals surface area contributed by atoms with Crippen molar-refractivity contribution in [2.24, 2.45) is 0 Å². The summed E-state index contributed by atoms with van der Waals surface area (Å²) >= 11 is 0. The Kier molecular flexibility index (Phi) is 4.19.